The van der Waals surface area contributed by atoms with Crippen molar-refractivity contribution in [1.29, 1.82) is 0 Å². The van der Waals surface area contributed by atoms with Crippen molar-refractivity contribution in [2.24, 2.45) is 5.92 Å². The predicted molar refractivity (Wildman–Crippen MR) is 128 cm³/mol. The molecule has 0 radical (unpaired) electrons. The number of hydrogen-bond acceptors (Lipinski definition) is 8. The number of carbonyl (C=O) groups is 3. The second kappa shape index (κ2) is 14.3. The first-order chi connectivity index (χ1) is 16.3. The lowest BCUT2D eigenvalue weighted by Crippen LogP contribution is -2.36. The van der Waals surface area contributed by atoms with E-state index in [4.69, 9.17) is 18.9 Å². The molecule has 190 valence electrons. The number of hydrogen-bond donors (Lipinski definition) is 2. The Morgan fingerprint density at radius 1 is 1.03 bits per heavy atom. The highest BCUT2D eigenvalue weighted by molar-refractivity contribution is 5.95. The molecule has 0 unspecified atom stereocenters. The summed E-state index contributed by atoms with van der Waals surface area (Å²) >= 11 is 0. The summed E-state index contributed by atoms with van der Waals surface area (Å²) in [6.07, 6.45) is 1.08. The van der Waals surface area contributed by atoms with Gasteiger partial charge in [-0.2, -0.15) is 0 Å². The Kier molecular flexibility index (Phi) is 11.5. The molecule has 10 heteroatoms. The van der Waals surface area contributed by atoms with E-state index >= 15 is 0 Å². The van der Waals surface area contributed by atoms with Gasteiger partial charge in [0.1, 0.15) is 18.0 Å². The molecule has 1 saturated heterocycles. The zero-order chi connectivity index (χ0) is 24.9. The molecule has 2 N–H and O–H groups in total. The van der Waals surface area contributed by atoms with Gasteiger partial charge in [-0.3, -0.25) is 14.4 Å². The number of esters is 1. The minimum Gasteiger partial charge on any atom is -0.492 e. The van der Waals surface area contributed by atoms with Crippen LogP contribution < -0.4 is 25.0 Å². The van der Waals surface area contributed by atoms with Crippen molar-refractivity contribution >= 4 is 29.2 Å². The quantitative estimate of drug-likeness (QED) is 0.414. The van der Waals surface area contributed by atoms with Gasteiger partial charge < -0.3 is 34.5 Å². The topological polar surface area (TPSA) is 115 Å². The van der Waals surface area contributed by atoms with E-state index in [-0.39, 0.29) is 12.5 Å². The third-order valence-corrected chi connectivity index (χ3v) is 5.03. The van der Waals surface area contributed by atoms with E-state index in [0.717, 1.165) is 25.2 Å². The average molecular weight is 480 g/mol. The Morgan fingerprint density at radius 3 is 2.35 bits per heavy atom. The maximum absolute atomic E-state index is 12.4. The van der Waals surface area contributed by atoms with Crippen molar-refractivity contribution in [3.05, 3.63) is 12.1 Å². The maximum atomic E-state index is 12.4. The van der Waals surface area contributed by atoms with Crippen LogP contribution >= 0.6 is 0 Å². The minimum atomic E-state index is -0.684. The summed E-state index contributed by atoms with van der Waals surface area (Å²) in [6, 6.07) is 3.56. The fraction of sp³-hybridized carbons (Fsp3) is 0.625. The second-order valence-corrected chi connectivity index (χ2v) is 8.20. The zero-order valence-corrected chi connectivity index (χ0v) is 20.6. The van der Waals surface area contributed by atoms with Crippen molar-refractivity contribution in [2.45, 2.75) is 40.5 Å². The molecule has 0 spiro atoms. The fourth-order valence-electron chi connectivity index (χ4n) is 3.31. The zero-order valence-electron chi connectivity index (χ0n) is 20.6. The van der Waals surface area contributed by atoms with E-state index in [1.165, 1.54) is 0 Å². The number of ether oxygens (including phenoxy) is 4. The van der Waals surface area contributed by atoms with Gasteiger partial charge in [-0.05, 0) is 26.2 Å². The number of carbonyl (C=O) groups excluding carboxylic acids is 3. The number of nitrogens with one attached hydrogen (secondary N) is 2. The largest absolute Gasteiger partial charge is 0.492 e. The number of morpholine rings is 1. The summed E-state index contributed by atoms with van der Waals surface area (Å²) in [5, 5.41) is 5.23. The highest BCUT2D eigenvalue weighted by Gasteiger charge is 2.21. The Labute approximate surface area is 201 Å². The van der Waals surface area contributed by atoms with E-state index in [1.807, 2.05) is 33.8 Å². The van der Waals surface area contributed by atoms with Crippen LogP contribution in [0.15, 0.2) is 12.1 Å². The summed E-state index contributed by atoms with van der Waals surface area (Å²) in [5.74, 6) is 0.0703. The molecule has 1 heterocycles. The molecule has 2 amide bonds. The van der Waals surface area contributed by atoms with Crippen LogP contribution in [0.3, 0.4) is 0 Å². The van der Waals surface area contributed by atoms with Gasteiger partial charge in [0.25, 0.3) is 5.91 Å². The number of rotatable bonds is 13. The SMILES string of the molecule is CCOc1cc(N2CCOCC2)c(OCC)cc1NC(=O)COC(=O)CNC(=O)CCC(C)C. The van der Waals surface area contributed by atoms with Crippen molar-refractivity contribution < 1.29 is 33.3 Å². The Morgan fingerprint density at radius 2 is 1.71 bits per heavy atom. The first-order valence-electron chi connectivity index (χ1n) is 11.8. The van der Waals surface area contributed by atoms with Crippen LogP contribution in [-0.2, 0) is 23.9 Å². The molecule has 1 aliphatic heterocycles. The molecule has 1 aliphatic rings. The molecule has 34 heavy (non-hydrogen) atoms. The van der Waals surface area contributed by atoms with Crippen molar-refractivity contribution in [1.82, 2.24) is 5.32 Å². The molecule has 0 bridgehead atoms. The summed E-state index contributed by atoms with van der Waals surface area (Å²) in [6.45, 7) is 10.6. The lowest BCUT2D eigenvalue weighted by molar-refractivity contribution is -0.147. The van der Waals surface area contributed by atoms with Gasteiger partial charge in [-0.25, -0.2) is 0 Å². The Balaban J connectivity index is 1.98. The Bertz CT molecular complexity index is 823. The number of anilines is 2. The van der Waals surface area contributed by atoms with Gasteiger partial charge in [-0.15, -0.1) is 0 Å². The fourth-order valence-corrected chi connectivity index (χ4v) is 3.31. The smallest absolute Gasteiger partial charge is 0.325 e. The van der Waals surface area contributed by atoms with E-state index in [2.05, 4.69) is 15.5 Å². The van der Waals surface area contributed by atoms with Crippen LogP contribution in [0.1, 0.15) is 40.5 Å². The van der Waals surface area contributed by atoms with Gasteiger partial charge in [0.15, 0.2) is 6.61 Å². The van der Waals surface area contributed by atoms with Crippen molar-refractivity contribution in [3.63, 3.8) is 0 Å². The molecule has 2 rings (SSSR count). The molecule has 1 aromatic carbocycles. The van der Waals surface area contributed by atoms with Crippen LogP contribution in [-0.4, -0.2) is 70.5 Å². The molecule has 0 saturated carbocycles. The summed E-state index contributed by atoms with van der Waals surface area (Å²) in [7, 11) is 0. The van der Waals surface area contributed by atoms with Gasteiger partial charge in [0.2, 0.25) is 5.91 Å². The van der Waals surface area contributed by atoms with Crippen molar-refractivity contribution in [3.8, 4) is 11.5 Å². The number of amides is 2. The predicted octanol–water partition coefficient (Wildman–Crippen LogP) is 2.35. The molecule has 0 aliphatic carbocycles. The third-order valence-electron chi connectivity index (χ3n) is 5.03. The first kappa shape index (κ1) is 27.2. The van der Waals surface area contributed by atoms with Crippen LogP contribution in [0.4, 0.5) is 11.4 Å². The summed E-state index contributed by atoms with van der Waals surface area (Å²) < 4.78 is 22.0. The van der Waals surface area contributed by atoms with Gasteiger partial charge in [-0.1, -0.05) is 13.8 Å². The maximum Gasteiger partial charge on any atom is 0.325 e. The van der Waals surface area contributed by atoms with Gasteiger partial charge in [0, 0.05) is 31.6 Å². The Hall–Kier alpha value is -3.01. The van der Waals surface area contributed by atoms with Crippen LogP contribution in [0.5, 0.6) is 11.5 Å². The lowest BCUT2D eigenvalue weighted by Gasteiger charge is -2.31. The van der Waals surface area contributed by atoms with Crippen LogP contribution in [0, 0.1) is 5.92 Å². The molecule has 10 nitrogen and oxygen atoms in total. The van der Waals surface area contributed by atoms with E-state index < -0.39 is 18.5 Å². The van der Waals surface area contributed by atoms with E-state index in [9.17, 15) is 14.4 Å². The summed E-state index contributed by atoms with van der Waals surface area (Å²) in [5.41, 5.74) is 1.29. The van der Waals surface area contributed by atoms with Crippen LogP contribution in [0.25, 0.3) is 0 Å². The second-order valence-electron chi connectivity index (χ2n) is 8.20. The highest BCUT2D eigenvalue weighted by atomic mass is 16.5. The molecule has 1 aromatic rings. The lowest BCUT2D eigenvalue weighted by atomic mass is 10.1. The molecular formula is C24H37N3O7. The van der Waals surface area contributed by atoms with E-state index in [0.29, 0.717) is 56.0 Å². The highest BCUT2D eigenvalue weighted by Crippen LogP contribution is 2.39. The number of nitrogens with zero attached hydrogens (tertiary/aromatic N) is 1. The molecular weight excluding hydrogens is 442 g/mol. The van der Waals surface area contributed by atoms with Crippen molar-refractivity contribution in [2.75, 3.05) is 62.9 Å². The third kappa shape index (κ3) is 9.09. The first-order valence-corrected chi connectivity index (χ1v) is 11.8. The molecule has 0 atom stereocenters. The van der Waals surface area contributed by atoms with E-state index in [1.54, 1.807) is 6.07 Å². The van der Waals surface area contributed by atoms with Crippen LogP contribution in [0.2, 0.25) is 0 Å². The van der Waals surface area contributed by atoms with Gasteiger partial charge in [0.05, 0.1) is 37.8 Å². The summed E-state index contributed by atoms with van der Waals surface area (Å²) in [4.78, 5) is 38.2. The average Bonchev–Trinajstić information content (AvgIpc) is 2.82. The van der Waals surface area contributed by atoms with Gasteiger partial charge >= 0.3 is 5.97 Å². The molecule has 1 fully saturated rings. The monoisotopic (exact) mass is 479 g/mol. The normalized spacial score (nSPS) is 13.4. The minimum absolute atomic E-state index is 0.222. The molecule has 0 aromatic heterocycles. The standard InChI is InChI=1S/C24H37N3O7/c1-5-32-20-14-19(27-9-11-31-12-10-27)21(33-6-2)13-18(20)26-23(29)16-34-24(30)15-25-22(28)8-7-17(3)4/h13-14,17H,5-12,15-16H2,1-4H3,(H,25,28)(H,26,29). The number of benzene rings is 1.